The molecule has 1 aromatic heterocycles. The molecule has 0 saturated carbocycles. The largest absolute Gasteiger partial charge is 0.399 e. The van der Waals surface area contributed by atoms with Crippen molar-refractivity contribution < 1.29 is 4.79 Å². The summed E-state index contributed by atoms with van der Waals surface area (Å²) in [6.07, 6.45) is 1.67. The molecule has 4 nitrogen and oxygen atoms in total. The van der Waals surface area contributed by atoms with Crippen LogP contribution in [0.5, 0.6) is 0 Å². The zero-order valence-electron chi connectivity index (χ0n) is 11.0. The maximum Gasteiger partial charge on any atom is 0.255 e. The van der Waals surface area contributed by atoms with Crippen molar-refractivity contribution in [3.05, 3.63) is 65.3 Å². The Kier molecular flexibility index (Phi) is 3.46. The van der Waals surface area contributed by atoms with E-state index in [4.69, 9.17) is 17.3 Å². The van der Waals surface area contributed by atoms with E-state index in [9.17, 15) is 4.79 Å². The number of nitrogens with one attached hydrogen (secondary N) is 1. The fourth-order valence-corrected chi connectivity index (χ4v) is 2.35. The molecule has 0 unspecified atom stereocenters. The van der Waals surface area contributed by atoms with Crippen molar-refractivity contribution in [2.75, 3.05) is 11.1 Å². The van der Waals surface area contributed by atoms with E-state index in [1.165, 1.54) is 0 Å². The summed E-state index contributed by atoms with van der Waals surface area (Å²) in [5, 5.41) is 4.24. The molecule has 1 amide bonds. The summed E-state index contributed by atoms with van der Waals surface area (Å²) in [7, 11) is 0. The molecule has 21 heavy (non-hydrogen) atoms. The normalized spacial score (nSPS) is 10.5. The Balaban J connectivity index is 2.00. The lowest BCUT2D eigenvalue weighted by Crippen LogP contribution is -2.12. The zero-order valence-corrected chi connectivity index (χ0v) is 11.8. The molecule has 5 heteroatoms. The zero-order chi connectivity index (χ0) is 14.8. The first-order chi connectivity index (χ1) is 10.1. The van der Waals surface area contributed by atoms with Gasteiger partial charge in [-0.15, -0.1) is 0 Å². The van der Waals surface area contributed by atoms with Crippen molar-refractivity contribution in [1.82, 2.24) is 4.98 Å². The Labute approximate surface area is 126 Å². The van der Waals surface area contributed by atoms with Crippen LogP contribution in [-0.4, -0.2) is 10.9 Å². The third-order valence-corrected chi connectivity index (χ3v) is 3.28. The standard InChI is InChI=1S/C16H12ClN3O/c17-12-7-10-4-2-6-19-15(10)14(9-12)20-16(21)11-3-1-5-13(18)8-11/h1-9H,18H2,(H,20,21). The van der Waals surface area contributed by atoms with Crippen LogP contribution in [0.1, 0.15) is 10.4 Å². The van der Waals surface area contributed by atoms with E-state index in [2.05, 4.69) is 10.3 Å². The second kappa shape index (κ2) is 5.42. The highest BCUT2D eigenvalue weighted by molar-refractivity contribution is 6.32. The minimum Gasteiger partial charge on any atom is -0.399 e. The molecule has 0 aliphatic rings. The highest BCUT2D eigenvalue weighted by atomic mass is 35.5. The number of hydrogen-bond acceptors (Lipinski definition) is 3. The molecular formula is C16H12ClN3O. The third kappa shape index (κ3) is 2.80. The molecule has 0 aliphatic carbocycles. The van der Waals surface area contributed by atoms with Crippen molar-refractivity contribution in [3.8, 4) is 0 Å². The lowest BCUT2D eigenvalue weighted by atomic mass is 10.1. The summed E-state index contributed by atoms with van der Waals surface area (Å²) in [5.74, 6) is -0.253. The van der Waals surface area contributed by atoms with Gasteiger partial charge in [0.05, 0.1) is 11.2 Å². The fraction of sp³-hybridized carbons (Fsp3) is 0. The maximum atomic E-state index is 12.3. The van der Waals surface area contributed by atoms with Crippen molar-refractivity contribution >= 4 is 39.8 Å². The topological polar surface area (TPSA) is 68.0 Å². The van der Waals surface area contributed by atoms with Crippen LogP contribution in [0.2, 0.25) is 5.02 Å². The number of nitrogen functional groups attached to an aromatic ring is 1. The molecule has 1 heterocycles. The minimum absolute atomic E-state index is 0.253. The average molecular weight is 298 g/mol. The summed E-state index contributed by atoms with van der Waals surface area (Å²) < 4.78 is 0. The van der Waals surface area contributed by atoms with E-state index in [0.717, 1.165) is 5.39 Å². The van der Waals surface area contributed by atoms with Crippen molar-refractivity contribution in [2.24, 2.45) is 0 Å². The van der Waals surface area contributed by atoms with Gasteiger partial charge in [0.1, 0.15) is 0 Å². The Morgan fingerprint density at radius 3 is 2.81 bits per heavy atom. The molecular weight excluding hydrogens is 286 g/mol. The number of hydrogen-bond donors (Lipinski definition) is 2. The van der Waals surface area contributed by atoms with E-state index < -0.39 is 0 Å². The van der Waals surface area contributed by atoms with Crippen molar-refractivity contribution in [1.29, 1.82) is 0 Å². The molecule has 3 aromatic rings. The molecule has 0 saturated heterocycles. The third-order valence-electron chi connectivity index (χ3n) is 3.07. The number of rotatable bonds is 2. The summed E-state index contributed by atoms with van der Waals surface area (Å²) in [4.78, 5) is 16.6. The van der Waals surface area contributed by atoms with E-state index in [1.807, 2.05) is 12.1 Å². The Morgan fingerprint density at radius 2 is 2.00 bits per heavy atom. The Hall–Kier alpha value is -2.59. The fourth-order valence-electron chi connectivity index (χ4n) is 2.13. The molecule has 3 N–H and O–H groups in total. The van der Waals surface area contributed by atoms with Gasteiger partial charge in [0.15, 0.2) is 0 Å². The van der Waals surface area contributed by atoms with Crippen LogP contribution in [0, 0.1) is 0 Å². The molecule has 104 valence electrons. The van der Waals surface area contributed by atoms with E-state index in [1.54, 1.807) is 42.6 Å². The predicted molar refractivity (Wildman–Crippen MR) is 85.6 cm³/mol. The number of pyridine rings is 1. The number of fused-ring (bicyclic) bond motifs is 1. The van der Waals surface area contributed by atoms with Gasteiger partial charge in [-0.1, -0.05) is 23.7 Å². The predicted octanol–water partition coefficient (Wildman–Crippen LogP) is 3.72. The molecule has 2 aromatic carbocycles. The minimum atomic E-state index is -0.253. The quantitative estimate of drug-likeness (QED) is 0.708. The number of carbonyl (C=O) groups is 1. The number of nitrogens with two attached hydrogens (primary N) is 1. The van der Waals surface area contributed by atoms with Crippen LogP contribution in [-0.2, 0) is 0 Å². The number of halogens is 1. The number of aromatic nitrogens is 1. The van der Waals surface area contributed by atoms with E-state index >= 15 is 0 Å². The van der Waals surface area contributed by atoms with Crippen LogP contribution in [0.4, 0.5) is 11.4 Å². The van der Waals surface area contributed by atoms with E-state index in [-0.39, 0.29) is 5.91 Å². The number of carbonyl (C=O) groups excluding carboxylic acids is 1. The second-order valence-corrected chi connectivity index (χ2v) is 5.04. The number of benzene rings is 2. The molecule has 0 fully saturated rings. The van der Waals surface area contributed by atoms with Crippen LogP contribution >= 0.6 is 11.6 Å². The first-order valence-corrected chi connectivity index (χ1v) is 6.72. The molecule has 3 rings (SSSR count). The van der Waals surface area contributed by atoms with Gasteiger partial charge in [0.2, 0.25) is 0 Å². The lowest BCUT2D eigenvalue weighted by molar-refractivity contribution is 0.102. The van der Waals surface area contributed by atoms with Gasteiger partial charge >= 0.3 is 0 Å². The first kappa shape index (κ1) is 13.4. The highest BCUT2D eigenvalue weighted by Gasteiger charge is 2.10. The van der Waals surface area contributed by atoms with Gasteiger partial charge in [0, 0.05) is 27.9 Å². The lowest BCUT2D eigenvalue weighted by Gasteiger charge is -2.09. The average Bonchev–Trinajstić information content (AvgIpc) is 2.47. The summed E-state index contributed by atoms with van der Waals surface area (Å²) in [5.41, 5.74) is 7.98. The van der Waals surface area contributed by atoms with Crippen LogP contribution in [0.25, 0.3) is 10.9 Å². The smallest absolute Gasteiger partial charge is 0.255 e. The monoisotopic (exact) mass is 297 g/mol. The van der Waals surface area contributed by atoms with Gasteiger partial charge in [-0.2, -0.15) is 0 Å². The Bertz CT molecular complexity index is 833. The highest BCUT2D eigenvalue weighted by Crippen LogP contribution is 2.26. The van der Waals surface area contributed by atoms with Crippen LogP contribution < -0.4 is 11.1 Å². The number of amides is 1. The summed E-state index contributed by atoms with van der Waals surface area (Å²) in [6, 6.07) is 14.0. The molecule has 0 atom stereocenters. The molecule has 0 bridgehead atoms. The molecule has 0 aliphatic heterocycles. The maximum absolute atomic E-state index is 12.3. The summed E-state index contributed by atoms with van der Waals surface area (Å²) >= 11 is 6.08. The van der Waals surface area contributed by atoms with E-state index in [0.29, 0.717) is 27.5 Å². The first-order valence-electron chi connectivity index (χ1n) is 6.34. The van der Waals surface area contributed by atoms with Gasteiger partial charge in [-0.05, 0) is 36.4 Å². The number of nitrogens with zero attached hydrogens (tertiary/aromatic N) is 1. The van der Waals surface area contributed by atoms with Gasteiger partial charge in [-0.25, -0.2) is 0 Å². The van der Waals surface area contributed by atoms with Gasteiger partial charge < -0.3 is 11.1 Å². The molecule has 0 radical (unpaired) electrons. The van der Waals surface area contributed by atoms with Crippen molar-refractivity contribution in [3.63, 3.8) is 0 Å². The van der Waals surface area contributed by atoms with Gasteiger partial charge in [-0.3, -0.25) is 9.78 Å². The summed E-state index contributed by atoms with van der Waals surface area (Å²) in [6.45, 7) is 0. The van der Waals surface area contributed by atoms with Crippen LogP contribution in [0.3, 0.4) is 0 Å². The number of anilines is 2. The van der Waals surface area contributed by atoms with Crippen molar-refractivity contribution in [2.45, 2.75) is 0 Å². The second-order valence-electron chi connectivity index (χ2n) is 4.61. The Morgan fingerprint density at radius 1 is 1.14 bits per heavy atom. The molecule has 0 spiro atoms. The van der Waals surface area contributed by atoms with Gasteiger partial charge in [0.25, 0.3) is 5.91 Å². The van der Waals surface area contributed by atoms with Crippen LogP contribution in [0.15, 0.2) is 54.7 Å². The SMILES string of the molecule is Nc1cccc(C(=O)Nc2cc(Cl)cc3cccnc23)c1.